The normalized spacial score (nSPS) is 11.2. The van der Waals surface area contributed by atoms with Gasteiger partial charge in [-0.1, -0.05) is 6.07 Å². The summed E-state index contributed by atoms with van der Waals surface area (Å²) in [5, 5.41) is 11.3. The average molecular weight is 332 g/mol. The Hall–Kier alpha value is -1.43. The second-order valence-electron chi connectivity index (χ2n) is 4.83. The molecule has 0 aliphatic carbocycles. The van der Waals surface area contributed by atoms with Crippen LogP contribution in [-0.4, -0.2) is 22.5 Å². The van der Waals surface area contributed by atoms with Crippen LogP contribution in [0.2, 0.25) is 0 Å². The third-order valence-electron chi connectivity index (χ3n) is 2.61. The zero-order valence-electron chi connectivity index (χ0n) is 10.7. The summed E-state index contributed by atoms with van der Waals surface area (Å²) >= 11 is 3.02. The van der Waals surface area contributed by atoms with Crippen molar-refractivity contribution in [2.75, 3.05) is 0 Å². The molecular formula is C13H15BrFNO3. The van der Waals surface area contributed by atoms with E-state index in [2.05, 4.69) is 21.2 Å². The Morgan fingerprint density at radius 2 is 2.05 bits per heavy atom. The number of aliphatic carboxylic acids is 1. The van der Waals surface area contributed by atoms with Crippen LogP contribution in [0, 0.1) is 5.82 Å². The molecule has 0 aliphatic rings. The number of carboxylic acid groups (broad SMARTS) is 1. The molecule has 1 aromatic rings. The molecule has 1 amide bonds. The van der Waals surface area contributed by atoms with Crippen LogP contribution in [0.3, 0.4) is 0 Å². The highest BCUT2D eigenvalue weighted by molar-refractivity contribution is 9.10. The molecule has 0 atom stereocenters. The zero-order valence-corrected chi connectivity index (χ0v) is 12.3. The Balaban J connectivity index is 2.79. The number of hydrogen-bond acceptors (Lipinski definition) is 2. The minimum Gasteiger partial charge on any atom is -0.481 e. The molecule has 0 heterocycles. The number of nitrogens with one attached hydrogen (secondary N) is 1. The van der Waals surface area contributed by atoms with Gasteiger partial charge in [-0.3, -0.25) is 9.59 Å². The Labute approximate surface area is 119 Å². The van der Waals surface area contributed by atoms with Crippen LogP contribution >= 0.6 is 15.9 Å². The van der Waals surface area contributed by atoms with Crippen molar-refractivity contribution in [3.63, 3.8) is 0 Å². The molecule has 0 radical (unpaired) electrons. The quantitative estimate of drug-likeness (QED) is 0.871. The predicted octanol–water partition coefficient (Wildman–Crippen LogP) is 2.96. The van der Waals surface area contributed by atoms with Gasteiger partial charge < -0.3 is 10.4 Å². The molecule has 0 saturated carbocycles. The second kappa shape index (κ2) is 6.14. The van der Waals surface area contributed by atoms with Gasteiger partial charge in [0.05, 0.1) is 10.0 Å². The monoisotopic (exact) mass is 331 g/mol. The number of hydrogen-bond donors (Lipinski definition) is 2. The smallest absolute Gasteiger partial charge is 0.303 e. The van der Waals surface area contributed by atoms with Crippen LogP contribution < -0.4 is 5.32 Å². The first-order chi connectivity index (χ1) is 8.73. The molecule has 0 aliphatic heterocycles. The average Bonchev–Trinajstić information content (AvgIpc) is 2.29. The van der Waals surface area contributed by atoms with Crippen molar-refractivity contribution < 1.29 is 19.1 Å². The summed E-state index contributed by atoms with van der Waals surface area (Å²) in [6.45, 7) is 3.45. The van der Waals surface area contributed by atoms with Gasteiger partial charge in [0, 0.05) is 12.0 Å². The molecule has 0 aromatic heterocycles. The maximum Gasteiger partial charge on any atom is 0.303 e. The lowest BCUT2D eigenvalue weighted by Gasteiger charge is -2.26. The molecule has 0 saturated heterocycles. The molecule has 1 aromatic carbocycles. The van der Waals surface area contributed by atoms with E-state index < -0.39 is 23.2 Å². The van der Waals surface area contributed by atoms with Crippen molar-refractivity contribution in [2.45, 2.75) is 32.2 Å². The number of halogens is 2. The van der Waals surface area contributed by atoms with Gasteiger partial charge in [0.15, 0.2) is 0 Å². The van der Waals surface area contributed by atoms with Crippen molar-refractivity contribution in [3.8, 4) is 0 Å². The summed E-state index contributed by atoms with van der Waals surface area (Å²) in [6.07, 6.45) is 0.249. The van der Waals surface area contributed by atoms with E-state index in [4.69, 9.17) is 5.11 Å². The van der Waals surface area contributed by atoms with Gasteiger partial charge in [-0.15, -0.1) is 0 Å². The highest BCUT2D eigenvalue weighted by Crippen LogP contribution is 2.21. The van der Waals surface area contributed by atoms with E-state index in [1.807, 2.05) is 0 Å². The minimum absolute atomic E-state index is 0.0440. The molecule has 4 nitrogen and oxygen atoms in total. The van der Waals surface area contributed by atoms with Gasteiger partial charge in [-0.2, -0.15) is 0 Å². The number of benzene rings is 1. The van der Waals surface area contributed by atoms with Crippen LogP contribution in [0.4, 0.5) is 4.39 Å². The molecule has 0 bridgehead atoms. The molecule has 0 unspecified atom stereocenters. The fraction of sp³-hybridized carbons (Fsp3) is 0.385. The molecule has 0 fully saturated rings. The van der Waals surface area contributed by atoms with E-state index in [0.717, 1.165) is 0 Å². The van der Waals surface area contributed by atoms with E-state index in [1.165, 1.54) is 18.2 Å². The standard InChI is InChI=1S/C13H15BrFNO3/c1-13(2,7-6-10(17)18)16-12(19)8-4-3-5-9(15)11(8)14/h3-5H,6-7H2,1-2H3,(H,16,19)(H,17,18). The summed E-state index contributed by atoms with van der Waals surface area (Å²) in [5.74, 6) is -1.88. The van der Waals surface area contributed by atoms with Gasteiger partial charge in [0.1, 0.15) is 5.82 Å². The predicted molar refractivity (Wildman–Crippen MR) is 72.5 cm³/mol. The van der Waals surface area contributed by atoms with E-state index in [1.54, 1.807) is 13.8 Å². The van der Waals surface area contributed by atoms with E-state index >= 15 is 0 Å². The Bertz CT molecular complexity index is 503. The van der Waals surface area contributed by atoms with Gasteiger partial charge in [-0.05, 0) is 48.3 Å². The third kappa shape index (κ3) is 4.63. The van der Waals surface area contributed by atoms with Gasteiger partial charge in [0.25, 0.3) is 5.91 Å². The Kier molecular flexibility index (Phi) is 5.05. The minimum atomic E-state index is -0.922. The van der Waals surface area contributed by atoms with Crippen LogP contribution in [0.5, 0.6) is 0 Å². The largest absolute Gasteiger partial charge is 0.481 e. The Morgan fingerprint density at radius 3 is 2.63 bits per heavy atom. The van der Waals surface area contributed by atoms with Crippen molar-refractivity contribution in [1.82, 2.24) is 5.32 Å². The van der Waals surface area contributed by atoms with Gasteiger partial charge in [0.2, 0.25) is 0 Å². The summed E-state index contributed by atoms with van der Waals surface area (Å²) in [5.41, 5.74) is -0.496. The van der Waals surface area contributed by atoms with Gasteiger partial charge in [-0.25, -0.2) is 4.39 Å². The lowest BCUT2D eigenvalue weighted by Crippen LogP contribution is -2.43. The number of carbonyl (C=O) groups is 2. The highest BCUT2D eigenvalue weighted by Gasteiger charge is 2.23. The van der Waals surface area contributed by atoms with Crippen LogP contribution in [0.25, 0.3) is 0 Å². The summed E-state index contributed by atoms with van der Waals surface area (Å²) in [6, 6.07) is 4.19. The van der Waals surface area contributed by atoms with Crippen molar-refractivity contribution >= 4 is 27.8 Å². The third-order valence-corrected chi connectivity index (χ3v) is 3.42. The lowest BCUT2D eigenvalue weighted by atomic mass is 9.98. The Morgan fingerprint density at radius 1 is 1.42 bits per heavy atom. The van der Waals surface area contributed by atoms with E-state index in [9.17, 15) is 14.0 Å². The first kappa shape index (κ1) is 15.6. The molecule has 1 rings (SSSR count). The molecule has 19 heavy (non-hydrogen) atoms. The van der Waals surface area contributed by atoms with Crippen molar-refractivity contribution in [1.29, 1.82) is 0 Å². The molecule has 2 N–H and O–H groups in total. The first-order valence-electron chi connectivity index (χ1n) is 5.71. The zero-order chi connectivity index (χ0) is 14.6. The molecular weight excluding hydrogens is 317 g/mol. The fourth-order valence-corrected chi connectivity index (χ4v) is 1.98. The van der Waals surface area contributed by atoms with Crippen LogP contribution in [0.15, 0.2) is 22.7 Å². The molecule has 6 heteroatoms. The first-order valence-corrected chi connectivity index (χ1v) is 6.50. The van der Waals surface area contributed by atoms with Crippen LogP contribution in [0.1, 0.15) is 37.0 Å². The van der Waals surface area contributed by atoms with Gasteiger partial charge >= 0.3 is 5.97 Å². The lowest BCUT2D eigenvalue weighted by molar-refractivity contribution is -0.137. The summed E-state index contributed by atoms with van der Waals surface area (Å²) in [4.78, 5) is 22.6. The number of amides is 1. The van der Waals surface area contributed by atoms with Crippen molar-refractivity contribution in [2.24, 2.45) is 0 Å². The fourth-order valence-electron chi connectivity index (χ4n) is 1.54. The van der Waals surface area contributed by atoms with E-state index in [-0.39, 0.29) is 16.5 Å². The summed E-state index contributed by atoms with van der Waals surface area (Å²) < 4.78 is 13.4. The maximum atomic E-state index is 13.3. The molecule has 104 valence electrons. The SMILES string of the molecule is CC(C)(CCC(=O)O)NC(=O)c1cccc(F)c1Br. The summed E-state index contributed by atoms with van der Waals surface area (Å²) in [7, 11) is 0. The topological polar surface area (TPSA) is 66.4 Å². The van der Waals surface area contributed by atoms with Crippen molar-refractivity contribution in [3.05, 3.63) is 34.1 Å². The molecule has 0 spiro atoms. The highest BCUT2D eigenvalue weighted by atomic mass is 79.9. The van der Waals surface area contributed by atoms with E-state index in [0.29, 0.717) is 6.42 Å². The number of carbonyl (C=O) groups excluding carboxylic acids is 1. The second-order valence-corrected chi connectivity index (χ2v) is 5.63. The number of carboxylic acids is 1. The number of rotatable bonds is 5. The van der Waals surface area contributed by atoms with Crippen LogP contribution in [-0.2, 0) is 4.79 Å². The maximum absolute atomic E-state index is 13.3.